The molecule has 0 spiro atoms. The molecule has 0 saturated carbocycles. The molecule has 0 radical (unpaired) electrons. The average Bonchev–Trinajstić information content (AvgIpc) is 2.58. The van der Waals surface area contributed by atoms with Gasteiger partial charge in [0.25, 0.3) is 0 Å². The largest absolute Gasteiger partial charge is 0.345 e. The molecule has 1 aliphatic carbocycles. The number of hydrogen-bond acceptors (Lipinski definition) is 3. The van der Waals surface area contributed by atoms with Crippen LogP contribution in [-0.2, 0) is 17.6 Å². The minimum atomic E-state index is -0.104. The smallest absolute Gasteiger partial charge is 0.222 e. The van der Waals surface area contributed by atoms with Crippen molar-refractivity contribution in [1.29, 1.82) is 0 Å². The molecule has 4 nitrogen and oxygen atoms in total. The number of amides is 1. The molecule has 0 fully saturated rings. The number of rotatable bonds is 7. The number of ketones is 1. The second-order valence-electron chi connectivity index (χ2n) is 7.73. The summed E-state index contributed by atoms with van der Waals surface area (Å²) >= 11 is 0. The van der Waals surface area contributed by atoms with E-state index < -0.39 is 0 Å². The first-order valence-electron chi connectivity index (χ1n) is 8.91. The number of aryl methyl sites for hydroxylation is 2. The Balaban J connectivity index is 1.89. The summed E-state index contributed by atoms with van der Waals surface area (Å²) in [6, 6.07) is 6.03. The van der Waals surface area contributed by atoms with Crippen LogP contribution in [0.2, 0.25) is 0 Å². The van der Waals surface area contributed by atoms with Gasteiger partial charge in [-0.3, -0.25) is 9.59 Å². The summed E-state index contributed by atoms with van der Waals surface area (Å²) in [4.78, 5) is 26.3. The minimum absolute atomic E-state index is 0.00263. The zero-order chi connectivity index (χ0) is 17.7. The van der Waals surface area contributed by atoms with Crippen LogP contribution in [0.25, 0.3) is 0 Å². The molecule has 1 amide bonds. The lowest BCUT2D eigenvalue weighted by molar-refractivity contribution is -0.131. The Hall–Kier alpha value is -1.68. The zero-order valence-electron chi connectivity index (χ0n) is 15.2. The molecule has 0 aromatic heterocycles. The molecule has 1 aromatic carbocycles. The van der Waals surface area contributed by atoms with Crippen LogP contribution in [0.3, 0.4) is 0 Å². The Morgan fingerprint density at radius 2 is 1.79 bits per heavy atom. The fourth-order valence-corrected chi connectivity index (χ4v) is 3.26. The average molecular weight is 330 g/mol. The lowest BCUT2D eigenvalue weighted by Gasteiger charge is -2.29. The summed E-state index contributed by atoms with van der Waals surface area (Å²) in [5.74, 6) is 0.0612. The minimum Gasteiger partial charge on any atom is -0.345 e. The number of nitrogens with zero attached hydrogens (tertiary/aromatic N) is 1. The van der Waals surface area contributed by atoms with Crippen LogP contribution in [0.5, 0.6) is 0 Å². The molecule has 24 heavy (non-hydrogen) atoms. The molecule has 0 aliphatic heterocycles. The second-order valence-corrected chi connectivity index (χ2v) is 7.73. The molecule has 1 aromatic rings. The third kappa shape index (κ3) is 4.91. The van der Waals surface area contributed by atoms with Crippen molar-refractivity contribution in [1.82, 2.24) is 4.90 Å². The maximum absolute atomic E-state index is 12.4. The molecule has 2 rings (SSSR count). The lowest BCUT2D eigenvalue weighted by atomic mass is 9.89. The normalized spacial score (nSPS) is 14.2. The highest BCUT2D eigenvalue weighted by molar-refractivity contribution is 5.98. The summed E-state index contributed by atoms with van der Waals surface area (Å²) in [7, 11) is 1.78. The quantitative estimate of drug-likeness (QED) is 0.782. The molecule has 0 bridgehead atoms. The van der Waals surface area contributed by atoms with Gasteiger partial charge in [-0.25, -0.2) is 0 Å². The maximum Gasteiger partial charge on any atom is 0.222 e. The van der Waals surface area contributed by atoms with Gasteiger partial charge in [0, 0.05) is 32.0 Å². The summed E-state index contributed by atoms with van der Waals surface area (Å²) < 4.78 is 0. The van der Waals surface area contributed by atoms with Crippen molar-refractivity contribution in [3.63, 3.8) is 0 Å². The fraction of sp³-hybridized carbons (Fsp3) is 0.600. The van der Waals surface area contributed by atoms with Gasteiger partial charge in [-0.2, -0.15) is 0 Å². The molecule has 4 heteroatoms. The Kier molecular flexibility index (Phi) is 6.16. The van der Waals surface area contributed by atoms with Gasteiger partial charge in [0.15, 0.2) is 5.78 Å². The summed E-state index contributed by atoms with van der Waals surface area (Å²) in [6.45, 7) is 5.21. The SMILES string of the molecule is CN(CC(C)(C)CN)C(=O)CCC(=O)c1ccc2c(c1)CCCC2. The van der Waals surface area contributed by atoms with Crippen molar-refractivity contribution < 1.29 is 9.59 Å². The van der Waals surface area contributed by atoms with Gasteiger partial charge in [-0.05, 0) is 54.8 Å². The van der Waals surface area contributed by atoms with Crippen LogP contribution >= 0.6 is 0 Å². The van der Waals surface area contributed by atoms with E-state index in [2.05, 4.69) is 6.07 Å². The van der Waals surface area contributed by atoms with Crippen LogP contribution < -0.4 is 5.73 Å². The number of Topliss-reactive ketones (excluding diaryl/α,β-unsaturated/α-hetero) is 1. The summed E-state index contributed by atoms with van der Waals surface area (Å²) in [6.07, 6.45) is 5.14. The Bertz CT molecular complexity index is 608. The lowest BCUT2D eigenvalue weighted by Crippen LogP contribution is -2.39. The molecule has 1 aliphatic rings. The molecular formula is C20H30N2O2. The molecule has 132 valence electrons. The predicted octanol–water partition coefficient (Wildman–Crippen LogP) is 2.97. The monoisotopic (exact) mass is 330 g/mol. The number of benzene rings is 1. The van der Waals surface area contributed by atoms with Crippen molar-refractivity contribution in [2.75, 3.05) is 20.1 Å². The summed E-state index contributed by atoms with van der Waals surface area (Å²) in [5, 5.41) is 0. The van der Waals surface area contributed by atoms with E-state index in [4.69, 9.17) is 5.73 Å². The van der Waals surface area contributed by atoms with E-state index in [0.717, 1.165) is 18.4 Å². The van der Waals surface area contributed by atoms with Gasteiger partial charge in [0.1, 0.15) is 0 Å². The highest BCUT2D eigenvalue weighted by Gasteiger charge is 2.21. The highest BCUT2D eigenvalue weighted by atomic mass is 16.2. The van der Waals surface area contributed by atoms with Gasteiger partial charge in [-0.15, -0.1) is 0 Å². The maximum atomic E-state index is 12.4. The van der Waals surface area contributed by atoms with Crippen LogP contribution in [0.15, 0.2) is 18.2 Å². The second kappa shape index (κ2) is 7.93. The van der Waals surface area contributed by atoms with Gasteiger partial charge >= 0.3 is 0 Å². The summed E-state index contributed by atoms with van der Waals surface area (Å²) in [5.41, 5.74) is 9.03. The number of fused-ring (bicyclic) bond motifs is 1. The van der Waals surface area contributed by atoms with E-state index >= 15 is 0 Å². The Labute approximate surface area is 145 Å². The van der Waals surface area contributed by atoms with Crippen molar-refractivity contribution in [2.45, 2.75) is 52.4 Å². The van der Waals surface area contributed by atoms with E-state index in [1.807, 2.05) is 26.0 Å². The van der Waals surface area contributed by atoms with Gasteiger partial charge in [0.05, 0.1) is 0 Å². The standard InChI is InChI=1S/C20H30N2O2/c1-20(2,13-21)14-22(3)19(24)11-10-18(23)17-9-8-15-6-4-5-7-16(15)12-17/h8-9,12H,4-7,10-11,13-14,21H2,1-3H3. The third-order valence-electron chi connectivity index (χ3n) is 4.88. The van der Waals surface area contributed by atoms with E-state index in [0.29, 0.717) is 13.1 Å². The topological polar surface area (TPSA) is 63.4 Å². The molecule has 0 saturated heterocycles. The van der Waals surface area contributed by atoms with E-state index in [-0.39, 0.29) is 29.9 Å². The molecule has 0 heterocycles. The highest BCUT2D eigenvalue weighted by Crippen LogP contribution is 2.23. The molecule has 0 atom stereocenters. The first-order chi connectivity index (χ1) is 11.3. The van der Waals surface area contributed by atoms with E-state index in [9.17, 15) is 9.59 Å². The number of hydrogen-bond donors (Lipinski definition) is 1. The van der Waals surface area contributed by atoms with Crippen LogP contribution in [-0.4, -0.2) is 36.7 Å². The fourth-order valence-electron chi connectivity index (χ4n) is 3.26. The molecular weight excluding hydrogens is 300 g/mol. The van der Waals surface area contributed by atoms with Crippen LogP contribution in [0.1, 0.15) is 61.0 Å². The Morgan fingerprint density at radius 3 is 2.46 bits per heavy atom. The number of carbonyl (C=O) groups is 2. The van der Waals surface area contributed by atoms with Crippen molar-refractivity contribution in [3.8, 4) is 0 Å². The first-order valence-corrected chi connectivity index (χ1v) is 8.91. The van der Waals surface area contributed by atoms with Crippen molar-refractivity contribution in [3.05, 3.63) is 34.9 Å². The molecule has 0 unspecified atom stereocenters. The van der Waals surface area contributed by atoms with Gasteiger partial charge in [0.2, 0.25) is 5.91 Å². The zero-order valence-corrected chi connectivity index (χ0v) is 15.2. The Morgan fingerprint density at radius 1 is 1.12 bits per heavy atom. The first kappa shape index (κ1) is 18.7. The number of nitrogens with two attached hydrogens (primary N) is 1. The van der Waals surface area contributed by atoms with Crippen LogP contribution in [0.4, 0.5) is 0 Å². The van der Waals surface area contributed by atoms with Gasteiger partial charge in [-0.1, -0.05) is 26.0 Å². The van der Waals surface area contributed by atoms with E-state index in [1.165, 1.54) is 24.0 Å². The van der Waals surface area contributed by atoms with Crippen LogP contribution in [0, 0.1) is 5.41 Å². The van der Waals surface area contributed by atoms with Crippen molar-refractivity contribution in [2.24, 2.45) is 11.1 Å². The molecule has 2 N–H and O–H groups in total. The predicted molar refractivity (Wildman–Crippen MR) is 97.1 cm³/mol. The van der Waals surface area contributed by atoms with E-state index in [1.54, 1.807) is 11.9 Å². The third-order valence-corrected chi connectivity index (χ3v) is 4.88. The van der Waals surface area contributed by atoms with Crippen molar-refractivity contribution >= 4 is 11.7 Å². The number of carbonyl (C=O) groups excluding carboxylic acids is 2. The van der Waals surface area contributed by atoms with Gasteiger partial charge < -0.3 is 10.6 Å².